The van der Waals surface area contributed by atoms with Gasteiger partial charge in [0, 0.05) is 27.2 Å². The SMILES string of the molecule is CN=C(NCCCCSC)NCCOC. The second-order valence-corrected chi connectivity index (χ2v) is 4.10. The van der Waals surface area contributed by atoms with E-state index in [1.54, 1.807) is 14.2 Å². The molecule has 0 radical (unpaired) electrons. The highest BCUT2D eigenvalue weighted by Crippen LogP contribution is 1.97. The number of nitrogens with zero attached hydrogens (tertiary/aromatic N) is 1. The van der Waals surface area contributed by atoms with Crippen molar-refractivity contribution in [3.8, 4) is 0 Å². The lowest BCUT2D eigenvalue weighted by atomic mass is 10.3. The molecule has 2 N–H and O–H groups in total. The van der Waals surface area contributed by atoms with E-state index in [-0.39, 0.29) is 0 Å². The first-order chi connectivity index (χ1) is 7.35. The van der Waals surface area contributed by atoms with Crippen molar-refractivity contribution in [1.29, 1.82) is 0 Å². The minimum Gasteiger partial charge on any atom is -0.383 e. The normalized spacial score (nSPS) is 11.5. The van der Waals surface area contributed by atoms with Gasteiger partial charge in [0.05, 0.1) is 6.61 Å². The molecule has 0 aromatic carbocycles. The van der Waals surface area contributed by atoms with E-state index in [9.17, 15) is 0 Å². The van der Waals surface area contributed by atoms with Crippen LogP contribution in [0.15, 0.2) is 4.99 Å². The van der Waals surface area contributed by atoms with Gasteiger partial charge >= 0.3 is 0 Å². The first kappa shape index (κ1) is 14.6. The molecule has 0 amide bonds. The number of ether oxygens (including phenoxy) is 1. The Kier molecular flexibility index (Phi) is 11.3. The zero-order valence-corrected chi connectivity index (χ0v) is 10.8. The Hall–Kier alpha value is -0.420. The van der Waals surface area contributed by atoms with Crippen molar-refractivity contribution < 1.29 is 4.74 Å². The molecule has 0 fully saturated rings. The van der Waals surface area contributed by atoms with Crippen LogP contribution in [0, 0.1) is 0 Å². The summed E-state index contributed by atoms with van der Waals surface area (Å²) >= 11 is 1.89. The molecule has 0 saturated heterocycles. The lowest BCUT2D eigenvalue weighted by Gasteiger charge is -2.10. The highest BCUT2D eigenvalue weighted by atomic mass is 32.2. The minimum absolute atomic E-state index is 0.702. The topological polar surface area (TPSA) is 45.7 Å². The number of aliphatic imine (C=N–C) groups is 1. The fraction of sp³-hybridized carbons (Fsp3) is 0.900. The molecule has 90 valence electrons. The number of hydrogen-bond acceptors (Lipinski definition) is 3. The molecule has 0 spiro atoms. The molecule has 0 aromatic rings. The van der Waals surface area contributed by atoms with E-state index < -0.39 is 0 Å². The van der Waals surface area contributed by atoms with Gasteiger partial charge in [-0.1, -0.05) is 0 Å². The molecule has 5 heteroatoms. The molecule has 0 aliphatic rings. The summed E-state index contributed by atoms with van der Waals surface area (Å²) in [7, 11) is 3.48. The van der Waals surface area contributed by atoms with Crippen LogP contribution in [0.4, 0.5) is 0 Å². The van der Waals surface area contributed by atoms with Gasteiger partial charge < -0.3 is 15.4 Å². The molecular weight excluding hydrogens is 210 g/mol. The van der Waals surface area contributed by atoms with Gasteiger partial charge in [-0.05, 0) is 24.9 Å². The first-order valence-corrected chi connectivity index (χ1v) is 6.67. The summed E-state index contributed by atoms with van der Waals surface area (Å²) in [6, 6.07) is 0. The number of guanidine groups is 1. The molecule has 0 heterocycles. The molecule has 0 bridgehead atoms. The third-order valence-corrected chi connectivity index (χ3v) is 2.59. The molecule has 0 unspecified atom stereocenters. The van der Waals surface area contributed by atoms with Crippen molar-refractivity contribution in [2.45, 2.75) is 12.8 Å². The summed E-state index contributed by atoms with van der Waals surface area (Å²) in [6.07, 6.45) is 4.58. The van der Waals surface area contributed by atoms with E-state index in [2.05, 4.69) is 21.9 Å². The lowest BCUT2D eigenvalue weighted by Crippen LogP contribution is -2.39. The van der Waals surface area contributed by atoms with Crippen LogP contribution in [0.1, 0.15) is 12.8 Å². The van der Waals surface area contributed by atoms with Crippen LogP contribution in [0.3, 0.4) is 0 Å². The summed E-state index contributed by atoms with van der Waals surface area (Å²) in [5.74, 6) is 2.09. The van der Waals surface area contributed by atoms with E-state index in [0.717, 1.165) is 19.0 Å². The number of hydrogen-bond donors (Lipinski definition) is 2. The van der Waals surface area contributed by atoms with Crippen LogP contribution in [0.25, 0.3) is 0 Å². The number of rotatable bonds is 8. The summed E-state index contributed by atoms with van der Waals surface area (Å²) in [5, 5.41) is 6.43. The van der Waals surface area contributed by atoms with Gasteiger partial charge in [0.2, 0.25) is 0 Å². The molecule has 0 aliphatic carbocycles. The zero-order valence-electron chi connectivity index (χ0n) is 10.0. The third-order valence-electron chi connectivity index (χ3n) is 1.89. The Morgan fingerprint density at radius 1 is 1.27 bits per heavy atom. The standard InChI is InChI=1S/C10H23N3OS/c1-11-10(13-7-8-14-2)12-6-4-5-9-15-3/h4-9H2,1-3H3,(H2,11,12,13). The zero-order chi connectivity index (χ0) is 11.4. The Balaban J connectivity index is 3.37. The van der Waals surface area contributed by atoms with Gasteiger partial charge in [0.1, 0.15) is 0 Å². The second-order valence-electron chi connectivity index (χ2n) is 3.12. The maximum Gasteiger partial charge on any atom is 0.191 e. The molecule has 0 rings (SSSR count). The van der Waals surface area contributed by atoms with Crippen molar-refractivity contribution in [3.05, 3.63) is 0 Å². The smallest absolute Gasteiger partial charge is 0.191 e. The average molecular weight is 233 g/mol. The number of methoxy groups -OCH3 is 1. The molecule has 15 heavy (non-hydrogen) atoms. The van der Waals surface area contributed by atoms with Crippen LogP contribution in [0.5, 0.6) is 0 Å². The van der Waals surface area contributed by atoms with Crippen molar-refractivity contribution in [1.82, 2.24) is 10.6 Å². The quantitative estimate of drug-likeness (QED) is 0.372. The fourth-order valence-corrected chi connectivity index (χ4v) is 1.56. The molecule has 0 atom stereocenters. The monoisotopic (exact) mass is 233 g/mol. The molecule has 0 saturated carbocycles. The maximum absolute atomic E-state index is 4.95. The molecular formula is C10H23N3OS. The van der Waals surface area contributed by atoms with Crippen LogP contribution >= 0.6 is 11.8 Å². The number of thioether (sulfide) groups is 1. The van der Waals surface area contributed by atoms with Gasteiger partial charge in [-0.25, -0.2) is 0 Å². The molecule has 4 nitrogen and oxygen atoms in total. The predicted molar refractivity (Wildman–Crippen MR) is 68.9 cm³/mol. The maximum atomic E-state index is 4.95. The highest BCUT2D eigenvalue weighted by Gasteiger charge is 1.95. The minimum atomic E-state index is 0.702. The van der Waals surface area contributed by atoms with Crippen LogP contribution in [0.2, 0.25) is 0 Å². The second kappa shape index (κ2) is 11.7. The van der Waals surface area contributed by atoms with Crippen LogP contribution in [-0.4, -0.2) is 51.8 Å². The van der Waals surface area contributed by atoms with E-state index in [1.807, 2.05) is 11.8 Å². The van der Waals surface area contributed by atoms with Gasteiger partial charge in [0.25, 0.3) is 0 Å². The Bertz CT molecular complexity index is 165. The highest BCUT2D eigenvalue weighted by molar-refractivity contribution is 7.98. The van der Waals surface area contributed by atoms with E-state index in [1.165, 1.54) is 18.6 Å². The van der Waals surface area contributed by atoms with Gasteiger partial charge in [-0.15, -0.1) is 0 Å². The number of unbranched alkanes of at least 4 members (excludes halogenated alkanes) is 1. The largest absolute Gasteiger partial charge is 0.383 e. The van der Waals surface area contributed by atoms with Gasteiger partial charge in [-0.3, -0.25) is 4.99 Å². The Labute approximate surface area is 97.3 Å². The molecule has 0 aliphatic heterocycles. The summed E-state index contributed by atoms with van der Waals surface area (Å²) in [6.45, 7) is 2.47. The van der Waals surface area contributed by atoms with Crippen LogP contribution in [-0.2, 0) is 4.74 Å². The van der Waals surface area contributed by atoms with Crippen molar-refractivity contribution >= 4 is 17.7 Å². The van der Waals surface area contributed by atoms with Gasteiger partial charge in [-0.2, -0.15) is 11.8 Å². The Morgan fingerprint density at radius 2 is 2.00 bits per heavy atom. The summed E-state index contributed by atoms with van der Waals surface area (Å²) < 4.78 is 4.95. The summed E-state index contributed by atoms with van der Waals surface area (Å²) in [5.41, 5.74) is 0. The fourth-order valence-electron chi connectivity index (χ4n) is 1.07. The van der Waals surface area contributed by atoms with Gasteiger partial charge in [0.15, 0.2) is 5.96 Å². The first-order valence-electron chi connectivity index (χ1n) is 5.27. The van der Waals surface area contributed by atoms with Crippen molar-refractivity contribution in [3.63, 3.8) is 0 Å². The van der Waals surface area contributed by atoms with E-state index in [4.69, 9.17) is 4.74 Å². The lowest BCUT2D eigenvalue weighted by molar-refractivity contribution is 0.203. The van der Waals surface area contributed by atoms with E-state index >= 15 is 0 Å². The van der Waals surface area contributed by atoms with E-state index in [0.29, 0.717) is 6.61 Å². The van der Waals surface area contributed by atoms with Crippen LogP contribution < -0.4 is 10.6 Å². The van der Waals surface area contributed by atoms with Crippen molar-refractivity contribution in [2.24, 2.45) is 4.99 Å². The Morgan fingerprint density at radius 3 is 2.60 bits per heavy atom. The van der Waals surface area contributed by atoms with Crippen molar-refractivity contribution in [2.75, 3.05) is 45.9 Å². The average Bonchev–Trinajstić information content (AvgIpc) is 2.26. The molecule has 0 aromatic heterocycles. The third kappa shape index (κ3) is 9.87. The predicted octanol–water partition coefficient (Wildman–Crippen LogP) is 0.941. The summed E-state index contributed by atoms with van der Waals surface area (Å²) in [4.78, 5) is 4.11. The number of nitrogens with one attached hydrogen (secondary N) is 2.